The van der Waals surface area contributed by atoms with Gasteiger partial charge in [-0.15, -0.1) is 0 Å². The number of hydrogen-bond acceptors (Lipinski definition) is 1. The first kappa shape index (κ1) is 12.2. The average Bonchev–Trinajstić information content (AvgIpc) is 2.15. The van der Waals surface area contributed by atoms with Crippen LogP contribution in [-0.4, -0.2) is 23.9 Å². The summed E-state index contributed by atoms with van der Waals surface area (Å²) in [5.41, 5.74) is 0. The van der Waals surface area contributed by atoms with Crippen molar-refractivity contribution in [2.75, 3.05) is 13.1 Å². The van der Waals surface area contributed by atoms with Crippen molar-refractivity contribution in [2.45, 2.75) is 33.6 Å². The van der Waals surface area contributed by atoms with E-state index in [-0.39, 0.29) is 5.91 Å². The van der Waals surface area contributed by atoms with E-state index in [4.69, 9.17) is 0 Å². The summed E-state index contributed by atoms with van der Waals surface area (Å²) in [5, 5.41) is 0. The molecule has 0 rings (SSSR count). The molecule has 0 heterocycles. The Labute approximate surface area is 81.6 Å². The molecule has 13 heavy (non-hydrogen) atoms. The number of hydrogen-bond donors (Lipinski definition) is 0. The molecule has 0 aliphatic heterocycles. The highest BCUT2D eigenvalue weighted by atomic mass is 16.2. The van der Waals surface area contributed by atoms with Crippen LogP contribution in [-0.2, 0) is 4.79 Å². The molecule has 0 aromatic rings. The highest BCUT2D eigenvalue weighted by molar-refractivity contribution is 5.86. The second kappa shape index (κ2) is 6.70. The van der Waals surface area contributed by atoms with Gasteiger partial charge in [0, 0.05) is 13.1 Å². The van der Waals surface area contributed by atoms with Crippen molar-refractivity contribution < 1.29 is 4.79 Å². The largest absolute Gasteiger partial charge is 0.339 e. The molecule has 76 valence electrons. The van der Waals surface area contributed by atoms with Crippen molar-refractivity contribution >= 4 is 5.91 Å². The first-order valence-electron chi connectivity index (χ1n) is 5.07. The SMILES string of the molecule is C=CC(=O)N(CCC)CC(C)CC. The van der Waals surface area contributed by atoms with Gasteiger partial charge in [-0.2, -0.15) is 0 Å². The molecule has 0 fully saturated rings. The Balaban J connectivity index is 4.08. The predicted octanol–water partition coefficient (Wildman–Crippen LogP) is 2.46. The molecular weight excluding hydrogens is 162 g/mol. The normalized spacial score (nSPS) is 12.2. The van der Waals surface area contributed by atoms with Gasteiger partial charge >= 0.3 is 0 Å². The highest BCUT2D eigenvalue weighted by Gasteiger charge is 2.11. The minimum Gasteiger partial charge on any atom is -0.339 e. The average molecular weight is 183 g/mol. The van der Waals surface area contributed by atoms with Crippen molar-refractivity contribution in [3.63, 3.8) is 0 Å². The van der Waals surface area contributed by atoms with Gasteiger partial charge < -0.3 is 4.90 Å². The fraction of sp³-hybridized carbons (Fsp3) is 0.727. The van der Waals surface area contributed by atoms with Gasteiger partial charge in [0.1, 0.15) is 0 Å². The Morgan fingerprint density at radius 2 is 2.15 bits per heavy atom. The quantitative estimate of drug-likeness (QED) is 0.579. The van der Waals surface area contributed by atoms with Crippen molar-refractivity contribution in [1.29, 1.82) is 0 Å². The first-order chi connectivity index (χ1) is 6.15. The van der Waals surface area contributed by atoms with E-state index in [1.165, 1.54) is 6.08 Å². The summed E-state index contributed by atoms with van der Waals surface area (Å²) in [5.74, 6) is 0.637. The van der Waals surface area contributed by atoms with E-state index in [9.17, 15) is 4.79 Å². The second-order valence-electron chi connectivity index (χ2n) is 3.50. The molecule has 0 aliphatic carbocycles. The molecule has 0 aliphatic rings. The van der Waals surface area contributed by atoms with E-state index < -0.39 is 0 Å². The molecule has 1 unspecified atom stereocenters. The van der Waals surface area contributed by atoms with Gasteiger partial charge in [0.05, 0.1) is 0 Å². The van der Waals surface area contributed by atoms with Crippen molar-refractivity contribution in [3.05, 3.63) is 12.7 Å². The van der Waals surface area contributed by atoms with Gasteiger partial charge in [-0.3, -0.25) is 4.79 Å². The predicted molar refractivity (Wildman–Crippen MR) is 56.5 cm³/mol. The summed E-state index contributed by atoms with van der Waals surface area (Å²) in [6, 6.07) is 0. The maximum absolute atomic E-state index is 11.4. The van der Waals surface area contributed by atoms with E-state index in [2.05, 4.69) is 27.4 Å². The third-order valence-electron chi connectivity index (χ3n) is 2.21. The van der Waals surface area contributed by atoms with Crippen LogP contribution >= 0.6 is 0 Å². The standard InChI is InChI=1S/C11H21NO/c1-5-8-12(11(13)7-3)9-10(4)6-2/h7,10H,3,5-6,8-9H2,1-2,4H3. The number of rotatable bonds is 6. The first-order valence-corrected chi connectivity index (χ1v) is 5.07. The van der Waals surface area contributed by atoms with Crippen LogP contribution < -0.4 is 0 Å². The summed E-state index contributed by atoms with van der Waals surface area (Å²) in [6.45, 7) is 11.6. The van der Waals surface area contributed by atoms with Crippen molar-refractivity contribution in [1.82, 2.24) is 4.90 Å². The van der Waals surface area contributed by atoms with E-state index in [0.29, 0.717) is 5.92 Å². The molecule has 0 saturated carbocycles. The molecule has 1 atom stereocenters. The highest BCUT2D eigenvalue weighted by Crippen LogP contribution is 2.05. The molecule has 0 spiro atoms. The minimum atomic E-state index is 0.0575. The summed E-state index contributed by atoms with van der Waals surface area (Å²) in [7, 11) is 0. The van der Waals surface area contributed by atoms with Crippen LogP contribution in [0.3, 0.4) is 0 Å². The second-order valence-corrected chi connectivity index (χ2v) is 3.50. The summed E-state index contributed by atoms with van der Waals surface area (Å²) >= 11 is 0. The molecule has 0 radical (unpaired) electrons. The Bertz CT molecular complexity index is 165. The number of carbonyl (C=O) groups excluding carboxylic acids is 1. The summed E-state index contributed by atoms with van der Waals surface area (Å²) < 4.78 is 0. The van der Waals surface area contributed by atoms with Crippen molar-refractivity contribution in [2.24, 2.45) is 5.92 Å². The third kappa shape index (κ3) is 4.71. The molecule has 1 amide bonds. The van der Waals surface area contributed by atoms with Gasteiger partial charge in [-0.1, -0.05) is 33.8 Å². The third-order valence-corrected chi connectivity index (χ3v) is 2.21. The lowest BCUT2D eigenvalue weighted by Crippen LogP contribution is -2.33. The van der Waals surface area contributed by atoms with Crippen molar-refractivity contribution in [3.8, 4) is 0 Å². The van der Waals surface area contributed by atoms with Crippen LogP contribution in [0.25, 0.3) is 0 Å². The van der Waals surface area contributed by atoms with Crippen LogP contribution in [0.15, 0.2) is 12.7 Å². The van der Waals surface area contributed by atoms with Gasteiger partial charge in [0.25, 0.3) is 0 Å². The zero-order valence-corrected chi connectivity index (χ0v) is 9.05. The maximum atomic E-state index is 11.4. The lowest BCUT2D eigenvalue weighted by atomic mass is 10.1. The Kier molecular flexibility index (Phi) is 6.29. The Morgan fingerprint density at radius 1 is 1.54 bits per heavy atom. The number of nitrogens with zero attached hydrogens (tertiary/aromatic N) is 1. The smallest absolute Gasteiger partial charge is 0.245 e. The van der Waals surface area contributed by atoms with Crippen LogP contribution in [0, 0.1) is 5.92 Å². The van der Waals surface area contributed by atoms with E-state index in [1.807, 2.05) is 4.90 Å². The monoisotopic (exact) mass is 183 g/mol. The molecule has 0 bridgehead atoms. The lowest BCUT2D eigenvalue weighted by Gasteiger charge is -2.23. The number of carbonyl (C=O) groups is 1. The molecule has 2 heteroatoms. The van der Waals surface area contributed by atoms with Gasteiger partial charge in [0.2, 0.25) is 5.91 Å². The molecular formula is C11H21NO. The van der Waals surface area contributed by atoms with Crippen LogP contribution in [0.1, 0.15) is 33.6 Å². The molecule has 0 aromatic heterocycles. The Morgan fingerprint density at radius 3 is 2.54 bits per heavy atom. The van der Waals surface area contributed by atoms with E-state index in [0.717, 1.165) is 25.9 Å². The van der Waals surface area contributed by atoms with Crippen LogP contribution in [0.4, 0.5) is 0 Å². The van der Waals surface area contributed by atoms with Gasteiger partial charge in [0.15, 0.2) is 0 Å². The minimum absolute atomic E-state index is 0.0575. The lowest BCUT2D eigenvalue weighted by molar-refractivity contribution is -0.126. The molecule has 0 saturated heterocycles. The van der Waals surface area contributed by atoms with Crippen LogP contribution in [0.2, 0.25) is 0 Å². The van der Waals surface area contributed by atoms with Crippen LogP contribution in [0.5, 0.6) is 0 Å². The summed E-state index contributed by atoms with van der Waals surface area (Å²) in [4.78, 5) is 13.2. The van der Waals surface area contributed by atoms with E-state index in [1.54, 1.807) is 0 Å². The molecule has 0 aromatic carbocycles. The Hall–Kier alpha value is -0.790. The zero-order valence-electron chi connectivity index (χ0n) is 9.05. The fourth-order valence-corrected chi connectivity index (χ4v) is 1.20. The molecule has 0 N–H and O–H groups in total. The maximum Gasteiger partial charge on any atom is 0.245 e. The van der Waals surface area contributed by atoms with Gasteiger partial charge in [-0.25, -0.2) is 0 Å². The fourth-order valence-electron chi connectivity index (χ4n) is 1.20. The molecule has 2 nitrogen and oxygen atoms in total. The van der Waals surface area contributed by atoms with E-state index >= 15 is 0 Å². The zero-order chi connectivity index (χ0) is 10.3. The topological polar surface area (TPSA) is 20.3 Å². The summed E-state index contributed by atoms with van der Waals surface area (Å²) in [6.07, 6.45) is 3.53. The van der Waals surface area contributed by atoms with Gasteiger partial charge in [-0.05, 0) is 18.4 Å². The number of amides is 1.